The summed E-state index contributed by atoms with van der Waals surface area (Å²) >= 11 is 3.50. The highest BCUT2D eigenvalue weighted by Crippen LogP contribution is 2.17. The monoisotopic (exact) mass is 417 g/mol. The largest absolute Gasteiger partial charge is 0.398 e. The second-order valence-corrected chi connectivity index (χ2v) is 6.14. The maximum absolute atomic E-state index is 12.1. The highest BCUT2D eigenvalue weighted by Gasteiger charge is 2.17. The van der Waals surface area contributed by atoms with Crippen LogP contribution in [0.1, 0.15) is 23.6 Å². The Morgan fingerprint density at radius 1 is 1.08 bits per heavy atom. The third-order valence-electron chi connectivity index (χ3n) is 3.58. The van der Waals surface area contributed by atoms with E-state index < -0.39 is 0 Å². The Bertz CT molecular complexity index is 834. The maximum atomic E-state index is 12.1. The minimum absolute atomic E-state index is 0.181. The normalized spacial score (nSPS) is 11.8. The predicted octanol–water partition coefficient (Wildman–Crippen LogP) is 3.49. The van der Waals surface area contributed by atoms with Crippen LogP contribution in [0.25, 0.3) is 0 Å². The number of hydrogen-bond acceptors (Lipinski definition) is 5. The fourth-order valence-electron chi connectivity index (χ4n) is 2.30. The molecule has 0 aliphatic heterocycles. The van der Waals surface area contributed by atoms with Crippen LogP contribution in [0.2, 0.25) is 0 Å². The zero-order chi connectivity index (χ0) is 18.9. The van der Waals surface area contributed by atoms with Gasteiger partial charge in [-0.25, -0.2) is 0 Å². The van der Waals surface area contributed by atoms with E-state index in [0.29, 0.717) is 5.56 Å². The summed E-state index contributed by atoms with van der Waals surface area (Å²) in [4.78, 5) is 22.4. The zero-order valence-corrected chi connectivity index (χ0v) is 16.4. The molecule has 0 heterocycles. The summed E-state index contributed by atoms with van der Waals surface area (Å²) in [6.45, 7) is 2.06. The summed E-state index contributed by atoms with van der Waals surface area (Å²) in [6, 6.07) is 15.1. The first-order valence-corrected chi connectivity index (χ1v) is 8.70. The minimum atomic E-state index is -0.341. The fourth-order valence-corrected chi connectivity index (χ4v) is 2.87. The van der Waals surface area contributed by atoms with E-state index in [-0.39, 0.29) is 18.2 Å². The summed E-state index contributed by atoms with van der Waals surface area (Å²) in [5.41, 5.74) is 3.28. The van der Waals surface area contributed by atoms with Crippen LogP contribution in [-0.4, -0.2) is 31.5 Å². The molecular weight excluding hydrogens is 398 g/mol. The molecule has 0 radical (unpaired) electrons. The van der Waals surface area contributed by atoms with Crippen LogP contribution in [-0.2, 0) is 21.1 Å². The van der Waals surface area contributed by atoms with Gasteiger partial charge in [-0.2, -0.15) is 0 Å². The average Bonchev–Trinajstić information content (AvgIpc) is 2.66. The van der Waals surface area contributed by atoms with Crippen LogP contribution in [0.5, 0.6) is 0 Å². The quantitative estimate of drug-likeness (QED) is 0.553. The van der Waals surface area contributed by atoms with E-state index in [9.17, 15) is 4.79 Å². The van der Waals surface area contributed by atoms with Gasteiger partial charge in [0.15, 0.2) is 5.71 Å². The topological polar surface area (TPSA) is 72.3 Å². The Balaban J connectivity index is 2.21. The molecule has 1 N–H and O–H groups in total. The number of rotatable bonds is 7. The van der Waals surface area contributed by atoms with Gasteiger partial charge in [0.05, 0.1) is 5.71 Å². The van der Waals surface area contributed by atoms with E-state index >= 15 is 0 Å². The minimum Gasteiger partial charge on any atom is -0.398 e. The van der Waals surface area contributed by atoms with Crippen molar-refractivity contribution >= 4 is 33.3 Å². The molecule has 2 aromatic carbocycles. The molecule has 6 nitrogen and oxygen atoms in total. The number of halogens is 1. The SMILES string of the molecule is CNC(=O)/C(=N/OC)c1ccccc1CO/N=C(\C)c1ccccc1Br. The summed E-state index contributed by atoms with van der Waals surface area (Å²) in [5.74, 6) is -0.341. The Hall–Kier alpha value is -2.67. The third-order valence-corrected chi connectivity index (χ3v) is 4.27. The number of oxime groups is 2. The van der Waals surface area contributed by atoms with Crippen LogP contribution in [0.3, 0.4) is 0 Å². The number of nitrogens with zero attached hydrogens (tertiary/aromatic N) is 2. The van der Waals surface area contributed by atoms with Crippen LogP contribution in [0, 0.1) is 0 Å². The lowest BCUT2D eigenvalue weighted by Crippen LogP contribution is -2.29. The molecule has 0 atom stereocenters. The van der Waals surface area contributed by atoms with Gasteiger partial charge in [-0.15, -0.1) is 0 Å². The van der Waals surface area contributed by atoms with Crippen LogP contribution < -0.4 is 5.32 Å². The number of likely N-dealkylation sites (N-methyl/N-ethyl adjacent to an activating group) is 1. The Morgan fingerprint density at radius 2 is 1.73 bits per heavy atom. The summed E-state index contributed by atoms with van der Waals surface area (Å²) in [5, 5.41) is 10.6. The van der Waals surface area contributed by atoms with E-state index in [4.69, 9.17) is 9.68 Å². The first-order valence-electron chi connectivity index (χ1n) is 7.91. The second-order valence-electron chi connectivity index (χ2n) is 5.29. The number of carbonyl (C=O) groups excluding carboxylic acids is 1. The smallest absolute Gasteiger partial charge is 0.273 e. The van der Waals surface area contributed by atoms with Crippen molar-refractivity contribution in [3.63, 3.8) is 0 Å². The summed E-state index contributed by atoms with van der Waals surface area (Å²) in [6.07, 6.45) is 0. The molecule has 7 heteroatoms. The lowest BCUT2D eigenvalue weighted by atomic mass is 10.0. The van der Waals surface area contributed by atoms with Crippen molar-refractivity contribution in [2.24, 2.45) is 10.3 Å². The third kappa shape index (κ3) is 4.92. The van der Waals surface area contributed by atoms with Crippen molar-refractivity contribution in [1.82, 2.24) is 5.32 Å². The molecule has 0 saturated heterocycles. The molecule has 0 aliphatic carbocycles. The molecule has 26 heavy (non-hydrogen) atoms. The number of amides is 1. The van der Waals surface area contributed by atoms with Gasteiger partial charge in [0.1, 0.15) is 13.7 Å². The molecule has 2 rings (SSSR count). The van der Waals surface area contributed by atoms with Crippen molar-refractivity contribution in [3.05, 3.63) is 69.7 Å². The maximum Gasteiger partial charge on any atom is 0.273 e. The van der Waals surface area contributed by atoms with Crippen molar-refractivity contribution in [1.29, 1.82) is 0 Å². The van der Waals surface area contributed by atoms with Gasteiger partial charge in [0.2, 0.25) is 0 Å². The molecule has 1 amide bonds. The lowest BCUT2D eigenvalue weighted by molar-refractivity contribution is -0.114. The Labute approximate surface area is 161 Å². The number of hydrogen-bond donors (Lipinski definition) is 1. The zero-order valence-electron chi connectivity index (χ0n) is 14.8. The number of nitrogens with one attached hydrogen (secondary N) is 1. The standard InChI is InChI=1S/C19H20BrN3O3/c1-13(15-9-6-7-11-17(15)20)22-26-12-14-8-4-5-10-16(14)18(23-25-3)19(24)21-2/h4-11H,12H2,1-3H3,(H,21,24)/b22-13+,23-18+. The van der Waals surface area contributed by atoms with Gasteiger partial charge < -0.3 is 15.0 Å². The van der Waals surface area contributed by atoms with Crippen molar-refractivity contribution in [3.8, 4) is 0 Å². The van der Waals surface area contributed by atoms with E-state index in [1.165, 1.54) is 14.2 Å². The van der Waals surface area contributed by atoms with Crippen molar-refractivity contribution in [2.75, 3.05) is 14.2 Å². The van der Waals surface area contributed by atoms with Gasteiger partial charge in [0, 0.05) is 28.2 Å². The van der Waals surface area contributed by atoms with E-state index in [1.807, 2.05) is 49.4 Å². The average molecular weight is 418 g/mol. The van der Waals surface area contributed by atoms with Crippen LogP contribution in [0.4, 0.5) is 0 Å². The first-order chi connectivity index (χ1) is 12.6. The second kappa shape index (κ2) is 9.72. The van der Waals surface area contributed by atoms with Gasteiger partial charge >= 0.3 is 0 Å². The molecule has 0 aromatic heterocycles. The molecule has 0 fully saturated rings. The number of benzene rings is 2. The molecule has 0 saturated carbocycles. The highest BCUT2D eigenvalue weighted by atomic mass is 79.9. The molecular formula is C19H20BrN3O3. The summed E-state index contributed by atoms with van der Waals surface area (Å²) < 4.78 is 0.944. The van der Waals surface area contributed by atoms with E-state index in [0.717, 1.165) is 21.3 Å². The van der Waals surface area contributed by atoms with E-state index in [1.54, 1.807) is 6.07 Å². The van der Waals surface area contributed by atoms with Crippen LogP contribution in [0.15, 0.2) is 63.3 Å². The molecule has 2 aromatic rings. The van der Waals surface area contributed by atoms with Crippen molar-refractivity contribution in [2.45, 2.75) is 13.5 Å². The molecule has 0 unspecified atom stereocenters. The van der Waals surface area contributed by atoms with Gasteiger partial charge in [-0.3, -0.25) is 4.79 Å². The molecule has 0 spiro atoms. The van der Waals surface area contributed by atoms with Crippen LogP contribution >= 0.6 is 15.9 Å². The number of carbonyl (C=O) groups is 1. The van der Waals surface area contributed by atoms with Gasteiger partial charge in [-0.1, -0.05) is 68.7 Å². The summed E-state index contributed by atoms with van der Waals surface area (Å²) in [7, 11) is 2.94. The Morgan fingerprint density at radius 3 is 2.38 bits per heavy atom. The van der Waals surface area contributed by atoms with E-state index in [2.05, 4.69) is 31.6 Å². The first kappa shape index (κ1) is 19.7. The van der Waals surface area contributed by atoms with Gasteiger partial charge in [-0.05, 0) is 13.0 Å². The fraction of sp³-hybridized carbons (Fsp3) is 0.211. The molecule has 136 valence electrons. The predicted molar refractivity (Wildman–Crippen MR) is 105 cm³/mol. The Kier molecular flexibility index (Phi) is 7.35. The molecule has 0 bridgehead atoms. The van der Waals surface area contributed by atoms with Crippen molar-refractivity contribution < 1.29 is 14.5 Å². The highest BCUT2D eigenvalue weighted by molar-refractivity contribution is 9.10. The van der Waals surface area contributed by atoms with Gasteiger partial charge in [0.25, 0.3) is 5.91 Å². The molecule has 0 aliphatic rings. The lowest BCUT2D eigenvalue weighted by Gasteiger charge is -2.10.